The van der Waals surface area contributed by atoms with Crippen molar-refractivity contribution in [2.45, 2.75) is 45.3 Å². The molecule has 1 aliphatic heterocycles. The molecule has 3 rings (SSSR count). The molecule has 2 aliphatic rings. The van der Waals surface area contributed by atoms with E-state index in [1.165, 1.54) is 0 Å². The fourth-order valence-corrected chi connectivity index (χ4v) is 3.13. The second kappa shape index (κ2) is 6.09. The molecule has 1 heterocycles. The van der Waals surface area contributed by atoms with Gasteiger partial charge in [0.05, 0.1) is 6.54 Å². The molecule has 1 saturated heterocycles. The van der Waals surface area contributed by atoms with E-state index in [0.717, 1.165) is 28.9 Å². The number of aliphatic hydroxyl groups is 1. The van der Waals surface area contributed by atoms with Gasteiger partial charge in [-0.25, -0.2) is 4.79 Å². The summed E-state index contributed by atoms with van der Waals surface area (Å²) in [5.74, 6) is 0.664. The van der Waals surface area contributed by atoms with Crippen LogP contribution >= 0.6 is 0 Å². The topological polar surface area (TPSA) is 78.9 Å². The monoisotopic (exact) mass is 332 g/mol. The molecule has 1 aliphatic carbocycles. The molecule has 0 bridgehead atoms. The number of carbonyl (C=O) groups excluding carboxylic acids is 2. The molecule has 0 radical (unpaired) electrons. The fourth-order valence-electron chi connectivity index (χ4n) is 3.13. The Kier molecular flexibility index (Phi) is 4.25. The molecule has 130 valence electrons. The van der Waals surface area contributed by atoms with Crippen LogP contribution in [-0.2, 0) is 4.79 Å². The molecule has 0 spiro atoms. The zero-order chi connectivity index (χ0) is 17.5. The number of aliphatic hydroxyl groups excluding tert-OH is 1. The number of ether oxygens (including phenoxy) is 1. The van der Waals surface area contributed by atoms with Gasteiger partial charge in [-0.2, -0.15) is 0 Å². The van der Waals surface area contributed by atoms with Crippen molar-refractivity contribution in [2.24, 2.45) is 5.92 Å². The molecule has 24 heavy (non-hydrogen) atoms. The quantitative estimate of drug-likeness (QED) is 0.778. The maximum Gasteiger partial charge on any atom is 0.325 e. The molecular weight excluding hydrogens is 308 g/mol. The van der Waals surface area contributed by atoms with E-state index in [1.54, 1.807) is 6.92 Å². The Morgan fingerprint density at radius 3 is 2.75 bits per heavy atom. The highest BCUT2D eigenvalue weighted by Crippen LogP contribution is 2.42. The normalized spacial score (nSPS) is 24.9. The van der Waals surface area contributed by atoms with Crippen molar-refractivity contribution in [2.75, 3.05) is 13.2 Å². The summed E-state index contributed by atoms with van der Waals surface area (Å²) in [7, 11) is 0. The van der Waals surface area contributed by atoms with Crippen LogP contribution in [0.15, 0.2) is 18.2 Å². The van der Waals surface area contributed by atoms with Crippen molar-refractivity contribution in [3.63, 3.8) is 0 Å². The predicted octanol–water partition coefficient (Wildman–Crippen LogP) is 1.76. The minimum absolute atomic E-state index is 0.0293. The number of benzene rings is 1. The molecule has 2 fully saturated rings. The summed E-state index contributed by atoms with van der Waals surface area (Å²) in [4.78, 5) is 25.7. The lowest BCUT2D eigenvalue weighted by molar-refractivity contribution is -0.132. The Balaban J connectivity index is 1.58. The van der Waals surface area contributed by atoms with E-state index in [4.69, 9.17) is 4.74 Å². The first-order valence-electron chi connectivity index (χ1n) is 8.33. The van der Waals surface area contributed by atoms with Crippen molar-refractivity contribution in [1.29, 1.82) is 0 Å². The van der Waals surface area contributed by atoms with Crippen LogP contribution in [-0.4, -0.2) is 46.7 Å². The van der Waals surface area contributed by atoms with Crippen molar-refractivity contribution in [3.05, 3.63) is 29.3 Å². The number of imide groups is 1. The third kappa shape index (κ3) is 3.11. The second-order valence-electron chi connectivity index (χ2n) is 7.06. The molecule has 0 aromatic heterocycles. The van der Waals surface area contributed by atoms with Crippen molar-refractivity contribution in [3.8, 4) is 5.75 Å². The molecule has 1 aromatic rings. The van der Waals surface area contributed by atoms with Gasteiger partial charge in [0.15, 0.2) is 0 Å². The van der Waals surface area contributed by atoms with Gasteiger partial charge >= 0.3 is 6.03 Å². The van der Waals surface area contributed by atoms with E-state index in [1.807, 2.05) is 32.0 Å². The lowest BCUT2D eigenvalue weighted by atomic mass is 9.96. The molecule has 2 N–H and O–H groups in total. The van der Waals surface area contributed by atoms with Gasteiger partial charge in [0.2, 0.25) is 0 Å². The summed E-state index contributed by atoms with van der Waals surface area (Å²) < 4.78 is 5.65. The molecule has 6 nitrogen and oxygen atoms in total. The van der Waals surface area contributed by atoms with Crippen LogP contribution in [0.25, 0.3) is 0 Å². The van der Waals surface area contributed by atoms with Crippen molar-refractivity contribution < 1.29 is 19.4 Å². The van der Waals surface area contributed by atoms with Gasteiger partial charge in [-0.05, 0) is 56.7 Å². The van der Waals surface area contributed by atoms with Crippen molar-refractivity contribution in [1.82, 2.24) is 10.2 Å². The Labute approximate surface area is 141 Å². The van der Waals surface area contributed by atoms with Crippen LogP contribution in [0.3, 0.4) is 0 Å². The molecule has 0 unspecified atom stereocenters. The van der Waals surface area contributed by atoms with Gasteiger partial charge in [0.25, 0.3) is 5.91 Å². The predicted molar refractivity (Wildman–Crippen MR) is 88.8 cm³/mol. The maximum absolute atomic E-state index is 12.5. The minimum atomic E-state index is -0.929. The highest BCUT2D eigenvalue weighted by atomic mass is 16.5. The minimum Gasteiger partial charge on any atom is -0.491 e. The summed E-state index contributed by atoms with van der Waals surface area (Å²) in [5, 5.41) is 13.0. The van der Waals surface area contributed by atoms with E-state index in [2.05, 4.69) is 5.32 Å². The molecular formula is C18H24N2O4. The van der Waals surface area contributed by atoms with Crippen LogP contribution in [0.5, 0.6) is 5.75 Å². The van der Waals surface area contributed by atoms with Gasteiger partial charge in [-0.1, -0.05) is 12.1 Å². The largest absolute Gasteiger partial charge is 0.491 e. The molecule has 1 saturated carbocycles. The Hall–Kier alpha value is -2.08. The Morgan fingerprint density at radius 1 is 1.38 bits per heavy atom. The van der Waals surface area contributed by atoms with Crippen LogP contribution in [0.1, 0.15) is 30.9 Å². The smallest absolute Gasteiger partial charge is 0.325 e. The summed E-state index contributed by atoms with van der Waals surface area (Å²) >= 11 is 0. The third-order valence-electron chi connectivity index (χ3n) is 4.86. The number of nitrogens with one attached hydrogen (secondary N) is 1. The number of urea groups is 1. The molecule has 6 heteroatoms. The summed E-state index contributed by atoms with van der Waals surface area (Å²) in [6, 6.07) is 5.42. The molecule has 1 aromatic carbocycles. The van der Waals surface area contributed by atoms with Gasteiger partial charge in [0.1, 0.15) is 24.0 Å². The number of nitrogens with zero attached hydrogens (tertiary/aromatic N) is 1. The number of carbonyl (C=O) groups is 2. The SMILES string of the molecule is Cc1ccc(C)c(OC[C@H](O)CN2C(=O)N[C@@](C)(C3CC3)C2=O)c1. The Bertz CT molecular complexity index is 671. The molecule has 2 atom stereocenters. The number of amides is 3. The van der Waals surface area contributed by atoms with E-state index >= 15 is 0 Å². The van der Waals surface area contributed by atoms with Crippen LogP contribution in [0.4, 0.5) is 4.79 Å². The first-order valence-corrected chi connectivity index (χ1v) is 8.33. The van der Waals surface area contributed by atoms with E-state index in [0.29, 0.717) is 5.75 Å². The maximum atomic E-state index is 12.5. The highest BCUT2D eigenvalue weighted by Gasteiger charge is 2.56. The lowest BCUT2D eigenvalue weighted by Gasteiger charge is -2.22. The number of hydrogen-bond donors (Lipinski definition) is 2. The van der Waals surface area contributed by atoms with E-state index in [9.17, 15) is 14.7 Å². The Morgan fingerprint density at radius 2 is 2.08 bits per heavy atom. The van der Waals surface area contributed by atoms with E-state index in [-0.39, 0.29) is 25.0 Å². The van der Waals surface area contributed by atoms with Gasteiger partial charge in [-0.15, -0.1) is 0 Å². The summed E-state index contributed by atoms with van der Waals surface area (Å²) in [6.07, 6.45) is 0.977. The average Bonchev–Trinajstić information content (AvgIpc) is 3.34. The van der Waals surface area contributed by atoms with Gasteiger partial charge < -0.3 is 15.2 Å². The first-order chi connectivity index (χ1) is 11.3. The van der Waals surface area contributed by atoms with Crippen LogP contribution in [0, 0.1) is 19.8 Å². The summed E-state index contributed by atoms with van der Waals surface area (Å²) in [6.45, 7) is 5.64. The van der Waals surface area contributed by atoms with Gasteiger partial charge in [-0.3, -0.25) is 9.69 Å². The third-order valence-corrected chi connectivity index (χ3v) is 4.86. The second-order valence-corrected chi connectivity index (χ2v) is 7.06. The molecule has 3 amide bonds. The highest BCUT2D eigenvalue weighted by molar-refractivity contribution is 6.07. The summed E-state index contributed by atoms with van der Waals surface area (Å²) in [5.41, 5.74) is 1.23. The van der Waals surface area contributed by atoms with E-state index < -0.39 is 17.7 Å². The van der Waals surface area contributed by atoms with Crippen molar-refractivity contribution >= 4 is 11.9 Å². The zero-order valence-electron chi connectivity index (χ0n) is 14.3. The fraction of sp³-hybridized carbons (Fsp3) is 0.556. The number of rotatable bonds is 6. The van der Waals surface area contributed by atoms with Crippen LogP contribution in [0.2, 0.25) is 0 Å². The van der Waals surface area contributed by atoms with Gasteiger partial charge in [0, 0.05) is 0 Å². The number of β-amino-alcohol motifs (C(OH)–C–C–N with tert-alkyl or cyclic N) is 1. The number of aryl methyl sites for hydroxylation is 2. The van der Waals surface area contributed by atoms with Crippen LogP contribution < -0.4 is 10.1 Å². The zero-order valence-corrected chi connectivity index (χ0v) is 14.3. The lowest BCUT2D eigenvalue weighted by Crippen LogP contribution is -2.46. The number of hydrogen-bond acceptors (Lipinski definition) is 4. The standard InChI is InChI=1S/C18H24N2O4/c1-11-4-5-12(2)15(8-11)24-10-14(21)9-20-16(22)18(3,13-6-7-13)19-17(20)23/h4-5,8,13-14,21H,6-7,9-10H2,1-3H3,(H,19,23)/t14-,18+/m1/s1. The first kappa shape index (κ1) is 16.8. The average molecular weight is 332 g/mol.